The Hall–Kier alpha value is -2.81. The average molecular weight is 263 g/mol. The van der Waals surface area contributed by atoms with Gasteiger partial charge in [0.15, 0.2) is 0 Å². The molecule has 0 atom stereocenters. The summed E-state index contributed by atoms with van der Waals surface area (Å²) in [5.41, 5.74) is 7.45. The summed E-state index contributed by atoms with van der Waals surface area (Å²) in [4.78, 5) is 11.2. The van der Waals surface area contributed by atoms with Gasteiger partial charge in [0.25, 0.3) is 0 Å². The topological polar surface area (TPSA) is 63.3 Å². The van der Waals surface area contributed by atoms with Gasteiger partial charge in [-0.15, -0.1) is 0 Å². The minimum atomic E-state index is -0.457. The number of hydrogen-bond donors (Lipinski definition) is 2. The highest BCUT2D eigenvalue weighted by Crippen LogP contribution is 2.36. The van der Waals surface area contributed by atoms with Gasteiger partial charge in [-0.3, -0.25) is 4.79 Å². The van der Waals surface area contributed by atoms with Crippen LogP contribution in [0.2, 0.25) is 0 Å². The van der Waals surface area contributed by atoms with Crippen molar-refractivity contribution < 1.29 is 9.90 Å². The van der Waals surface area contributed by atoms with Gasteiger partial charge in [0.2, 0.25) is 5.91 Å². The van der Waals surface area contributed by atoms with Crippen molar-refractivity contribution in [2.75, 3.05) is 0 Å². The van der Waals surface area contributed by atoms with E-state index >= 15 is 0 Å². The van der Waals surface area contributed by atoms with Crippen LogP contribution in [0.15, 0.2) is 60.7 Å². The molecule has 0 aliphatic carbocycles. The van der Waals surface area contributed by atoms with Crippen molar-refractivity contribution in [1.29, 1.82) is 0 Å². The number of benzene rings is 3. The molecule has 3 heteroatoms. The zero-order valence-electron chi connectivity index (χ0n) is 10.7. The van der Waals surface area contributed by atoms with Gasteiger partial charge in [-0.2, -0.15) is 0 Å². The molecular weight excluding hydrogens is 250 g/mol. The molecule has 20 heavy (non-hydrogen) atoms. The summed E-state index contributed by atoms with van der Waals surface area (Å²) in [6.45, 7) is 0. The molecule has 0 fully saturated rings. The van der Waals surface area contributed by atoms with Crippen molar-refractivity contribution in [1.82, 2.24) is 0 Å². The monoisotopic (exact) mass is 263 g/mol. The number of fused-ring (bicyclic) bond motifs is 1. The van der Waals surface area contributed by atoms with E-state index in [1.54, 1.807) is 24.3 Å². The summed E-state index contributed by atoms with van der Waals surface area (Å²) in [7, 11) is 0. The van der Waals surface area contributed by atoms with Crippen molar-refractivity contribution in [3.63, 3.8) is 0 Å². The zero-order valence-corrected chi connectivity index (χ0v) is 10.7. The Bertz CT molecular complexity index is 795. The first-order chi connectivity index (χ1) is 9.66. The highest BCUT2D eigenvalue weighted by molar-refractivity contribution is 6.03. The molecule has 0 saturated carbocycles. The molecule has 0 spiro atoms. The predicted octanol–water partition coefficient (Wildman–Crippen LogP) is 3.31. The summed E-state index contributed by atoms with van der Waals surface area (Å²) in [6, 6.07) is 18.3. The van der Waals surface area contributed by atoms with E-state index in [0.717, 1.165) is 21.9 Å². The number of phenols is 1. The number of hydrogen-bond acceptors (Lipinski definition) is 2. The van der Waals surface area contributed by atoms with Crippen molar-refractivity contribution in [2.24, 2.45) is 5.73 Å². The fourth-order valence-corrected chi connectivity index (χ4v) is 2.38. The smallest absolute Gasteiger partial charge is 0.248 e. The number of phenolic OH excluding ortho intramolecular Hbond substituents is 1. The van der Waals surface area contributed by atoms with Crippen LogP contribution in [0.4, 0.5) is 0 Å². The fraction of sp³-hybridized carbons (Fsp3) is 0. The minimum absolute atomic E-state index is 0.218. The number of primary amides is 1. The van der Waals surface area contributed by atoms with Crippen molar-refractivity contribution in [3.8, 4) is 16.9 Å². The predicted molar refractivity (Wildman–Crippen MR) is 79.6 cm³/mol. The number of nitrogens with two attached hydrogens (primary N) is 1. The molecule has 0 unspecified atom stereocenters. The number of aromatic hydroxyl groups is 1. The molecule has 0 aliphatic rings. The number of amides is 1. The molecule has 0 bridgehead atoms. The lowest BCUT2D eigenvalue weighted by Crippen LogP contribution is -2.10. The summed E-state index contributed by atoms with van der Waals surface area (Å²) < 4.78 is 0. The molecule has 3 aromatic carbocycles. The van der Waals surface area contributed by atoms with E-state index in [-0.39, 0.29) is 5.75 Å². The van der Waals surface area contributed by atoms with Crippen LogP contribution in [-0.2, 0) is 0 Å². The molecule has 3 rings (SSSR count). The summed E-state index contributed by atoms with van der Waals surface area (Å²) in [6.07, 6.45) is 0. The minimum Gasteiger partial charge on any atom is -0.507 e. The Morgan fingerprint density at radius 3 is 2.40 bits per heavy atom. The van der Waals surface area contributed by atoms with E-state index < -0.39 is 5.91 Å². The highest BCUT2D eigenvalue weighted by Gasteiger charge is 2.10. The van der Waals surface area contributed by atoms with Crippen molar-refractivity contribution >= 4 is 16.7 Å². The Kier molecular flexibility index (Phi) is 2.88. The van der Waals surface area contributed by atoms with Crippen LogP contribution in [0.25, 0.3) is 21.9 Å². The lowest BCUT2D eigenvalue weighted by atomic mass is 9.96. The SMILES string of the molecule is NC(=O)c1ccc2c(-c3ccccc3)c(O)ccc2c1. The summed E-state index contributed by atoms with van der Waals surface area (Å²) >= 11 is 0. The van der Waals surface area contributed by atoms with Gasteiger partial charge < -0.3 is 10.8 Å². The summed E-state index contributed by atoms with van der Waals surface area (Å²) in [5.74, 6) is -0.239. The molecule has 0 aliphatic heterocycles. The molecule has 0 radical (unpaired) electrons. The van der Waals surface area contributed by atoms with Crippen LogP contribution >= 0.6 is 0 Å². The molecule has 0 heterocycles. The van der Waals surface area contributed by atoms with Crippen LogP contribution in [0.5, 0.6) is 5.75 Å². The molecule has 1 amide bonds. The van der Waals surface area contributed by atoms with Crippen LogP contribution in [-0.4, -0.2) is 11.0 Å². The Labute approximate surface area is 116 Å². The van der Waals surface area contributed by atoms with Crippen LogP contribution in [0.3, 0.4) is 0 Å². The highest BCUT2D eigenvalue weighted by atomic mass is 16.3. The maximum Gasteiger partial charge on any atom is 0.248 e. The second-order valence-corrected chi connectivity index (χ2v) is 4.63. The first kappa shape index (κ1) is 12.2. The Balaban J connectivity index is 2.31. The maximum atomic E-state index is 11.2. The Morgan fingerprint density at radius 2 is 1.70 bits per heavy atom. The van der Waals surface area contributed by atoms with Gasteiger partial charge >= 0.3 is 0 Å². The third kappa shape index (κ3) is 1.99. The fourth-order valence-electron chi connectivity index (χ4n) is 2.38. The first-order valence-corrected chi connectivity index (χ1v) is 6.28. The number of carbonyl (C=O) groups is 1. The quantitative estimate of drug-likeness (QED) is 0.745. The standard InChI is InChI=1S/C17H13NO2/c18-17(20)13-6-8-14-12(10-13)7-9-15(19)16(14)11-4-2-1-3-5-11/h1-10,19H,(H2,18,20). The van der Waals surface area contributed by atoms with Gasteiger partial charge in [-0.1, -0.05) is 42.5 Å². The van der Waals surface area contributed by atoms with Gasteiger partial charge in [0.05, 0.1) is 0 Å². The van der Waals surface area contributed by atoms with E-state index in [9.17, 15) is 9.90 Å². The zero-order chi connectivity index (χ0) is 14.1. The van der Waals surface area contributed by atoms with Crippen molar-refractivity contribution in [2.45, 2.75) is 0 Å². The van der Waals surface area contributed by atoms with Gasteiger partial charge in [0, 0.05) is 11.1 Å². The number of rotatable bonds is 2. The molecule has 3 nitrogen and oxygen atoms in total. The molecule has 0 aromatic heterocycles. The molecular formula is C17H13NO2. The third-order valence-corrected chi connectivity index (χ3v) is 3.34. The molecule has 3 N–H and O–H groups in total. The first-order valence-electron chi connectivity index (χ1n) is 6.28. The van der Waals surface area contributed by atoms with Crippen molar-refractivity contribution in [3.05, 3.63) is 66.2 Å². The van der Waals surface area contributed by atoms with E-state index in [1.807, 2.05) is 36.4 Å². The van der Waals surface area contributed by atoms with E-state index in [2.05, 4.69) is 0 Å². The van der Waals surface area contributed by atoms with Crippen LogP contribution in [0, 0.1) is 0 Å². The van der Waals surface area contributed by atoms with Gasteiger partial charge in [-0.05, 0) is 34.5 Å². The Morgan fingerprint density at radius 1 is 0.950 bits per heavy atom. The second-order valence-electron chi connectivity index (χ2n) is 4.63. The molecule has 0 saturated heterocycles. The molecule has 98 valence electrons. The largest absolute Gasteiger partial charge is 0.507 e. The third-order valence-electron chi connectivity index (χ3n) is 3.34. The van der Waals surface area contributed by atoms with E-state index in [0.29, 0.717) is 5.56 Å². The average Bonchev–Trinajstić information content (AvgIpc) is 2.47. The normalized spacial score (nSPS) is 10.6. The van der Waals surface area contributed by atoms with E-state index in [4.69, 9.17) is 5.73 Å². The molecule has 3 aromatic rings. The lowest BCUT2D eigenvalue weighted by molar-refractivity contribution is 0.100. The maximum absolute atomic E-state index is 11.2. The lowest BCUT2D eigenvalue weighted by Gasteiger charge is -2.10. The van der Waals surface area contributed by atoms with Gasteiger partial charge in [0.1, 0.15) is 5.75 Å². The van der Waals surface area contributed by atoms with Crippen LogP contribution < -0.4 is 5.73 Å². The number of carbonyl (C=O) groups excluding carboxylic acids is 1. The summed E-state index contributed by atoms with van der Waals surface area (Å²) in [5, 5.41) is 11.9. The second kappa shape index (κ2) is 4.70. The van der Waals surface area contributed by atoms with Gasteiger partial charge in [-0.25, -0.2) is 0 Å². The van der Waals surface area contributed by atoms with Crippen LogP contribution in [0.1, 0.15) is 10.4 Å². The van der Waals surface area contributed by atoms with E-state index in [1.165, 1.54) is 0 Å².